The quantitative estimate of drug-likeness (QED) is 0.0420. The molecule has 0 bridgehead atoms. The molecule has 0 aliphatic rings. The van der Waals surface area contributed by atoms with Crippen LogP contribution in [0.5, 0.6) is 0 Å². The maximum absolute atomic E-state index is 12.5. The minimum atomic E-state index is -0.850. The normalized spacial score (nSPS) is 13.4. The molecule has 0 spiro atoms. The highest BCUT2D eigenvalue weighted by atomic mass is 16.3. The molecule has 0 rings (SSSR count). The summed E-state index contributed by atoms with van der Waals surface area (Å²) >= 11 is 0. The second kappa shape index (κ2) is 58.9. The van der Waals surface area contributed by atoms with Gasteiger partial charge in [-0.2, -0.15) is 0 Å². The average molecular weight is 947 g/mol. The first-order valence-corrected chi connectivity index (χ1v) is 29.8. The van der Waals surface area contributed by atoms with Crippen molar-refractivity contribution in [2.24, 2.45) is 0 Å². The molecule has 0 saturated heterocycles. The van der Waals surface area contributed by atoms with Crippen LogP contribution in [0.3, 0.4) is 0 Å². The molecule has 0 saturated carbocycles. The zero-order chi connectivity index (χ0) is 49.2. The fraction of sp³-hybridized carbons (Fsp3) is 0.766. The first kappa shape index (κ1) is 65.6. The molecule has 0 aliphatic carbocycles. The van der Waals surface area contributed by atoms with E-state index in [2.05, 4.69) is 92.1 Å². The highest BCUT2D eigenvalue weighted by molar-refractivity contribution is 5.76. The van der Waals surface area contributed by atoms with Gasteiger partial charge in [-0.05, 0) is 70.6 Å². The van der Waals surface area contributed by atoms with Crippen molar-refractivity contribution in [1.82, 2.24) is 5.32 Å². The molecule has 2 atom stereocenters. The van der Waals surface area contributed by atoms with Gasteiger partial charge in [0, 0.05) is 6.42 Å². The highest BCUT2D eigenvalue weighted by Gasteiger charge is 2.18. The van der Waals surface area contributed by atoms with Crippen LogP contribution in [0.2, 0.25) is 0 Å². The summed E-state index contributed by atoms with van der Waals surface area (Å²) in [6.45, 7) is 4.21. The topological polar surface area (TPSA) is 69.6 Å². The summed E-state index contributed by atoms with van der Waals surface area (Å²) in [6.07, 6.45) is 86.1. The van der Waals surface area contributed by atoms with Gasteiger partial charge >= 0.3 is 0 Å². The third-order valence-corrected chi connectivity index (χ3v) is 13.4. The first-order chi connectivity index (χ1) is 33.7. The monoisotopic (exact) mass is 946 g/mol. The number of carbonyl (C=O) groups excluding carboxylic acids is 1. The Morgan fingerprint density at radius 3 is 0.971 bits per heavy atom. The minimum Gasteiger partial charge on any atom is -0.394 e. The maximum Gasteiger partial charge on any atom is 0.220 e. The van der Waals surface area contributed by atoms with Crippen molar-refractivity contribution in [3.8, 4) is 0 Å². The van der Waals surface area contributed by atoms with Crippen molar-refractivity contribution in [1.29, 1.82) is 0 Å². The van der Waals surface area contributed by atoms with E-state index >= 15 is 0 Å². The predicted molar refractivity (Wildman–Crippen MR) is 303 cm³/mol. The van der Waals surface area contributed by atoms with Gasteiger partial charge in [0.05, 0.1) is 18.8 Å². The molecule has 4 nitrogen and oxygen atoms in total. The van der Waals surface area contributed by atoms with Gasteiger partial charge in [-0.3, -0.25) is 4.79 Å². The summed E-state index contributed by atoms with van der Waals surface area (Å²) < 4.78 is 0. The number of carbonyl (C=O) groups is 1. The van der Waals surface area contributed by atoms with Crippen LogP contribution >= 0.6 is 0 Å². The lowest BCUT2D eigenvalue weighted by molar-refractivity contribution is -0.123. The number of allylic oxidation sites excluding steroid dienone is 13. The average Bonchev–Trinajstić information content (AvgIpc) is 3.34. The Morgan fingerprint density at radius 2 is 0.647 bits per heavy atom. The van der Waals surface area contributed by atoms with Crippen LogP contribution in [0.4, 0.5) is 0 Å². The molecule has 4 heteroatoms. The lowest BCUT2D eigenvalue weighted by atomic mass is 10.0. The molecule has 2 unspecified atom stereocenters. The number of unbranched alkanes of at least 4 members (excludes halogenated alkanes) is 35. The van der Waals surface area contributed by atoms with Crippen molar-refractivity contribution in [3.05, 3.63) is 85.1 Å². The van der Waals surface area contributed by atoms with Gasteiger partial charge in [0.25, 0.3) is 0 Å². The molecular formula is C64H115NO3. The van der Waals surface area contributed by atoms with Crippen LogP contribution in [-0.4, -0.2) is 34.9 Å². The van der Waals surface area contributed by atoms with E-state index < -0.39 is 12.1 Å². The smallest absolute Gasteiger partial charge is 0.220 e. The van der Waals surface area contributed by atoms with Gasteiger partial charge in [-0.15, -0.1) is 0 Å². The van der Waals surface area contributed by atoms with Gasteiger partial charge in [0.2, 0.25) is 5.91 Å². The SMILES string of the molecule is CC/C=C\C/C=C\C/C=C\C/C=C\C/C=C\C/C=C\CCCCCCCCCCC(=O)NC(CO)C(O)/C=C/CCCCCCCCCCCCCCCCCCCCCCCCCCCCC. The maximum atomic E-state index is 12.5. The van der Waals surface area contributed by atoms with E-state index in [0.717, 1.165) is 70.6 Å². The number of hydrogen-bond donors (Lipinski definition) is 3. The number of amides is 1. The number of aliphatic hydroxyl groups excluding tert-OH is 2. The highest BCUT2D eigenvalue weighted by Crippen LogP contribution is 2.17. The van der Waals surface area contributed by atoms with Gasteiger partial charge < -0.3 is 15.5 Å². The van der Waals surface area contributed by atoms with Crippen molar-refractivity contribution >= 4 is 5.91 Å². The summed E-state index contributed by atoms with van der Waals surface area (Å²) in [5.74, 6) is -0.0727. The summed E-state index contributed by atoms with van der Waals surface area (Å²) in [5.41, 5.74) is 0. The van der Waals surface area contributed by atoms with Crippen LogP contribution in [0.15, 0.2) is 85.1 Å². The van der Waals surface area contributed by atoms with E-state index in [0.29, 0.717) is 6.42 Å². The predicted octanol–water partition coefficient (Wildman–Crippen LogP) is 19.9. The molecular weight excluding hydrogens is 831 g/mol. The van der Waals surface area contributed by atoms with Crippen LogP contribution in [0, 0.1) is 0 Å². The molecule has 0 radical (unpaired) electrons. The van der Waals surface area contributed by atoms with E-state index in [1.165, 1.54) is 205 Å². The Hall–Kier alpha value is -2.43. The Bertz CT molecular complexity index is 1210. The lowest BCUT2D eigenvalue weighted by Crippen LogP contribution is -2.45. The van der Waals surface area contributed by atoms with Gasteiger partial charge in [-0.25, -0.2) is 0 Å². The molecule has 3 N–H and O–H groups in total. The van der Waals surface area contributed by atoms with Crippen LogP contribution in [-0.2, 0) is 4.79 Å². The summed E-state index contributed by atoms with van der Waals surface area (Å²) in [4.78, 5) is 12.5. The van der Waals surface area contributed by atoms with Gasteiger partial charge in [0.15, 0.2) is 0 Å². The molecule has 0 aliphatic heterocycles. The Labute approximate surface area is 424 Å². The fourth-order valence-electron chi connectivity index (χ4n) is 8.89. The largest absolute Gasteiger partial charge is 0.394 e. The number of rotatable bonds is 54. The van der Waals surface area contributed by atoms with E-state index in [9.17, 15) is 15.0 Å². The second-order valence-corrected chi connectivity index (χ2v) is 20.0. The third-order valence-electron chi connectivity index (χ3n) is 13.4. The first-order valence-electron chi connectivity index (χ1n) is 29.8. The van der Waals surface area contributed by atoms with Crippen molar-refractivity contribution in [3.63, 3.8) is 0 Å². The van der Waals surface area contributed by atoms with Crippen molar-refractivity contribution in [2.75, 3.05) is 6.61 Å². The molecule has 68 heavy (non-hydrogen) atoms. The summed E-state index contributed by atoms with van der Waals surface area (Å²) in [6, 6.07) is -0.634. The summed E-state index contributed by atoms with van der Waals surface area (Å²) in [7, 11) is 0. The molecule has 0 aromatic heterocycles. The van der Waals surface area contributed by atoms with Crippen LogP contribution < -0.4 is 5.32 Å². The third kappa shape index (κ3) is 54.5. The molecule has 0 aromatic carbocycles. The molecule has 0 fully saturated rings. The zero-order valence-corrected chi connectivity index (χ0v) is 45.4. The van der Waals surface area contributed by atoms with E-state index in [1.54, 1.807) is 6.08 Å². The second-order valence-electron chi connectivity index (χ2n) is 20.0. The van der Waals surface area contributed by atoms with Crippen LogP contribution in [0.1, 0.15) is 296 Å². The molecule has 1 amide bonds. The van der Waals surface area contributed by atoms with E-state index in [1.807, 2.05) is 6.08 Å². The number of nitrogens with one attached hydrogen (secondary N) is 1. The van der Waals surface area contributed by atoms with E-state index in [-0.39, 0.29) is 12.5 Å². The summed E-state index contributed by atoms with van der Waals surface area (Å²) in [5, 5.41) is 23.2. The number of hydrogen-bond acceptors (Lipinski definition) is 3. The Balaban J connectivity index is 3.53. The molecule has 0 heterocycles. The Morgan fingerprint density at radius 1 is 0.368 bits per heavy atom. The zero-order valence-electron chi connectivity index (χ0n) is 45.4. The minimum absolute atomic E-state index is 0.0727. The Kier molecular flexibility index (Phi) is 56.8. The standard InChI is InChI=1S/C64H115NO3/c1-3-5-7-9-11-13-15-17-19-21-23-25-27-29-31-32-34-35-37-39-41-43-45-47-49-51-53-55-57-59-63(67)62(61-66)65-64(68)60-58-56-54-52-50-48-46-44-42-40-38-36-33-30-28-26-24-22-20-18-16-14-12-10-8-6-4-2/h6,8,12,14,18,20,24,26,30,33,38,40,57,59,62-63,66-67H,3-5,7,9-11,13,15-17,19,21-23,25,27-29,31-32,34-37,39,41-56,58,60-61H2,1-2H3,(H,65,68)/b8-6-,14-12-,20-18-,26-24-,33-30-,40-38-,59-57+. The van der Waals surface area contributed by atoms with Gasteiger partial charge in [0.1, 0.15) is 0 Å². The van der Waals surface area contributed by atoms with Crippen LogP contribution in [0.25, 0.3) is 0 Å². The van der Waals surface area contributed by atoms with Gasteiger partial charge in [-0.1, -0.05) is 304 Å². The lowest BCUT2D eigenvalue weighted by Gasteiger charge is -2.20. The fourth-order valence-corrected chi connectivity index (χ4v) is 8.89. The number of aliphatic hydroxyl groups is 2. The molecule has 0 aromatic rings. The molecule has 394 valence electrons. The van der Waals surface area contributed by atoms with E-state index in [4.69, 9.17) is 0 Å². The van der Waals surface area contributed by atoms with Crippen molar-refractivity contribution in [2.45, 2.75) is 309 Å². The van der Waals surface area contributed by atoms with Crippen molar-refractivity contribution < 1.29 is 15.0 Å².